The number of benzene rings is 1. The number of rotatable bonds is 5. The van der Waals surface area contributed by atoms with Gasteiger partial charge in [0.25, 0.3) is 0 Å². The van der Waals surface area contributed by atoms with Crippen molar-refractivity contribution in [3.63, 3.8) is 0 Å². The number of aryl methyl sites for hydroxylation is 1. The Hall–Kier alpha value is -2.70. The zero-order chi connectivity index (χ0) is 17.8. The standard InChI is InChI=1S/C18H24N4O3/c1-20-5-4-14(19-20)10-18(23)22-8-6-21(7-9-22)15-11-16(24-2)13-17(12-15)25-3/h4-5,11-13H,6-10H2,1-3H3. The van der Waals surface area contributed by atoms with Crippen LogP contribution in [0.2, 0.25) is 0 Å². The van der Waals surface area contributed by atoms with Gasteiger partial charge in [-0.1, -0.05) is 0 Å². The number of ether oxygens (including phenoxy) is 2. The highest BCUT2D eigenvalue weighted by molar-refractivity contribution is 5.78. The highest BCUT2D eigenvalue weighted by Gasteiger charge is 2.22. The number of hydrogen-bond donors (Lipinski definition) is 0. The fourth-order valence-electron chi connectivity index (χ4n) is 3.01. The van der Waals surface area contributed by atoms with Crippen LogP contribution in [-0.2, 0) is 18.3 Å². The lowest BCUT2D eigenvalue weighted by atomic mass is 10.2. The van der Waals surface area contributed by atoms with E-state index in [9.17, 15) is 4.79 Å². The average Bonchev–Trinajstić information content (AvgIpc) is 3.06. The highest BCUT2D eigenvalue weighted by atomic mass is 16.5. The fourth-order valence-corrected chi connectivity index (χ4v) is 3.01. The minimum Gasteiger partial charge on any atom is -0.497 e. The third-order valence-electron chi connectivity index (χ3n) is 4.43. The number of nitrogens with zero attached hydrogens (tertiary/aromatic N) is 4. The van der Waals surface area contributed by atoms with Crippen LogP contribution in [0.3, 0.4) is 0 Å². The Labute approximate surface area is 147 Å². The van der Waals surface area contributed by atoms with E-state index < -0.39 is 0 Å². The maximum atomic E-state index is 12.4. The first kappa shape index (κ1) is 17.1. The topological polar surface area (TPSA) is 59.8 Å². The molecule has 0 radical (unpaired) electrons. The molecule has 0 unspecified atom stereocenters. The molecule has 1 aromatic heterocycles. The van der Waals surface area contributed by atoms with Crippen molar-refractivity contribution in [2.75, 3.05) is 45.3 Å². The summed E-state index contributed by atoms with van der Waals surface area (Å²) in [5.41, 5.74) is 1.86. The van der Waals surface area contributed by atoms with Gasteiger partial charge in [0, 0.05) is 63.3 Å². The number of carbonyl (C=O) groups is 1. The van der Waals surface area contributed by atoms with E-state index in [1.165, 1.54) is 0 Å². The monoisotopic (exact) mass is 344 g/mol. The van der Waals surface area contributed by atoms with Crippen molar-refractivity contribution in [2.45, 2.75) is 6.42 Å². The molecule has 2 aromatic rings. The molecule has 2 heterocycles. The molecule has 0 spiro atoms. The van der Waals surface area contributed by atoms with Gasteiger partial charge >= 0.3 is 0 Å². The lowest BCUT2D eigenvalue weighted by Gasteiger charge is -2.36. The summed E-state index contributed by atoms with van der Waals surface area (Å²) in [5, 5.41) is 4.28. The van der Waals surface area contributed by atoms with Crippen molar-refractivity contribution in [3.05, 3.63) is 36.2 Å². The average molecular weight is 344 g/mol. The molecule has 0 aliphatic carbocycles. The second kappa shape index (κ2) is 7.46. The molecule has 1 aliphatic rings. The molecule has 0 N–H and O–H groups in total. The van der Waals surface area contributed by atoms with Crippen LogP contribution in [0, 0.1) is 0 Å². The Balaban J connectivity index is 1.60. The molecule has 0 saturated carbocycles. The molecule has 7 heteroatoms. The zero-order valence-corrected chi connectivity index (χ0v) is 14.9. The molecule has 0 atom stereocenters. The van der Waals surface area contributed by atoms with Gasteiger partial charge in [-0.05, 0) is 6.07 Å². The van der Waals surface area contributed by atoms with Crippen LogP contribution in [-0.4, -0.2) is 61.0 Å². The third kappa shape index (κ3) is 4.04. The largest absolute Gasteiger partial charge is 0.497 e. The van der Waals surface area contributed by atoms with E-state index in [-0.39, 0.29) is 5.91 Å². The molecule has 0 bridgehead atoms. The van der Waals surface area contributed by atoms with Crippen molar-refractivity contribution < 1.29 is 14.3 Å². The summed E-state index contributed by atoms with van der Waals surface area (Å²) in [6.45, 7) is 2.96. The highest BCUT2D eigenvalue weighted by Crippen LogP contribution is 2.29. The van der Waals surface area contributed by atoms with Gasteiger partial charge in [-0.25, -0.2) is 0 Å². The first-order valence-corrected chi connectivity index (χ1v) is 8.33. The van der Waals surface area contributed by atoms with Crippen molar-refractivity contribution in [2.24, 2.45) is 7.05 Å². The van der Waals surface area contributed by atoms with E-state index in [1.807, 2.05) is 42.4 Å². The van der Waals surface area contributed by atoms with Gasteiger partial charge in [0.15, 0.2) is 0 Å². The quantitative estimate of drug-likeness (QED) is 0.819. The second-order valence-corrected chi connectivity index (χ2v) is 6.10. The van der Waals surface area contributed by atoms with Crippen LogP contribution in [0.5, 0.6) is 11.5 Å². The number of hydrogen-bond acceptors (Lipinski definition) is 5. The molecular formula is C18H24N4O3. The van der Waals surface area contributed by atoms with Crippen molar-refractivity contribution in [3.8, 4) is 11.5 Å². The van der Waals surface area contributed by atoms with E-state index in [0.29, 0.717) is 19.5 Å². The summed E-state index contributed by atoms with van der Waals surface area (Å²) in [5.74, 6) is 1.66. The molecule has 134 valence electrons. The number of piperazine rings is 1. The first-order chi connectivity index (χ1) is 12.1. The summed E-state index contributed by atoms with van der Waals surface area (Å²) >= 11 is 0. The molecule has 3 rings (SSSR count). The molecule has 25 heavy (non-hydrogen) atoms. The molecular weight excluding hydrogens is 320 g/mol. The number of aromatic nitrogens is 2. The Morgan fingerprint density at radius 3 is 2.24 bits per heavy atom. The Kier molecular flexibility index (Phi) is 5.11. The summed E-state index contributed by atoms with van der Waals surface area (Å²) < 4.78 is 12.4. The number of anilines is 1. The van der Waals surface area contributed by atoms with Crippen LogP contribution in [0.25, 0.3) is 0 Å². The predicted molar refractivity (Wildman–Crippen MR) is 95.3 cm³/mol. The number of amides is 1. The molecule has 7 nitrogen and oxygen atoms in total. The van der Waals surface area contributed by atoms with Gasteiger partial charge in [-0.3, -0.25) is 9.48 Å². The van der Waals surface area contributed by atoms with Crippen molar-refractivity contribution in [1.82, 2.24) is 14.7 Å². The maximum Gasteiger partial charge on any atom is 0.228 e. The van der Waals surface area contributed by atoms with E-state index in [1.54, 1.807) is 18.9 Å². The normalized spacial score (nSPS) is 14.5. The van der Waals surface area contributed by atoms with Crippen LogP contribution >= 0.6 is 0 Å². The summed E-state index contributed by atoms with van der Waals surface area (Å²) in [6.07, 6.45) is 2.21. The molecule has 1 aromatic carbocycles. The Bertz CT molecular complexity index is 713. The predicted octanol–water partition coefficient (Wildman–Crippen LogP) is 1.33. The third-order valence-corrected chi connectivity index (χ3v) is 4.43. The van der Waals surface area contributed by atoms with E-state index in [4.69, 9.17) is 9.47 Å². The molecule has 1 saturated heterocycles. The van der Waals surface area contributed by atoms with E-state index in [2.05, 4.69) is 10.00 Å². The minimum atomic E-state index is 0.126. The lowest BCUT2D eigenvalue weighted by Crippen LogP contribution is -2.49. The Morgan fingerprint density at radius 2 is 1.72 bits per heavy atom. The smallest absolute Gasteiger partial charge is 0.228 e. The number of carbonyl (C=O) groups excluding carboxylic acids is 1. The van der Waals surface area contributed by atoms with Crippen LogP contribution < -0.4 is 14.4 Å². The van der Waals surface area contributed by atoms with Gasteiger partial charge in [-0.2, -0.15) is 5.10 Å². The van der Waals surface area contributed by atoms with Crippen LogP contribution in [0.15, 0.2) is 30.5 Å². The van der Waals surface area contributed by atoms with E-state index >= 15 is 0 Å². The fraction of sp³-hybridized carbons (Fsp3) is 0.444. The van der Waals surface area contributed by atoms with Gasteiger partial charge in [0.05, 0.1) is 26.3 Å². The van der Waals surface area contributed by atoms with Gasteiger partial charge < -0.3 is 19.3 Å². The molecule has 1 fully saturated rings. The van der Waals surface area contributed by atoms with Gasteiger partial charge in [0.1, 0.15) is 11.5 Å². The molecule has 1 aliphatic heterocycles. The second-order valence-electron chi connectivity index (χ2n) is 6.10. The summed E-state index contributed by atoms with van der Waals surface area (Å²) in [7, 11) is 5.15. The van der Waals surface area contributed by atoms with Crippen molar-refractivity contribution in [1.29, 1.82) is 0 Å². The maximum absolute atomic E-state index is 12.4. The van der Waals surface area contributed by atoms with Crippen LogP contribution in [0.1, 0.15) is 5.69 Å². The van der Waals surface area contributed by atoms with Crippen molar-refractivity contribution >= 4 is 11.6 Å². The number of methoxy groups -OCH3 is 2. The van der Waals surface area contributed by atoms with Crippen LogP contribution in [0.4, 0.5) is 5.69 Å². The summed E-state index contributed by atoms with van der Waals surface area (Å²) in [4.78, 5) is 16.6. The minimum absolute atomic E-state index is 0.126. The lowest BCUT2D eigenvalue weighted by molar-refractivity contribution is -0.130. The van der Waals surface area contributed by atoms with E-state index in [0.717, 1.165) is 36.0 Å². The molecule has 1 amide bonds. The summed E-state index contributed by atoms with van der Waals surface area (Å²) in [6, 6.07) is 7.73. The SMILES string of the molecule is COc1cc(OC)cc(N2CCN(C(=O)Cc3ccn(C)n3)CC2)c1. The zero-order valence-electron chi connectivity index (χ0n) is 14.9. The van der Waals surface area contributed by atoms with Gasteiger partial charge in [-0.15, -0.1) is 0 Å². The first-order valence-electron chi connectivity index (χ1n) is 8.33. The van der Waals surface area contributed by atoms with Gasteiger partial charge in [0.2, 0.25) is 5.91 Å². The Morgan fingerprint density at radius 1 is 1.08 bits per heavy atom.